The molecule has 0 fully saturated rings. The lowest BCUT2D eigenvalue weighted by Crippen LogP contribution is -2.05. The second kappa shape index (κ2) is 7.40. The van der Waals surface area contributed by atoms with Crippen LogP contribution in [-0.2, 0) is 4.74 Å². The molecule has 0 atom stereocenters. The first kappa shape index (κ1) is 17.5. The fraction of sp³-hybridized carbons (Fsp3) is 0.0952. The number of hydrogen-bond donors (Lipinski definition) is 0. The summed E-state index contributed by atoms with van der Waals surface area (Å²) in [6.45, 7) is 1.81. The van der Waals surface area contributed by atoms with Gasteiger partial charge < -0.3 is 9.15 Å². The fourth-order valence-corrected chi connectivity index (χ4v) is 2.79. The Hall–Kier alpha value is -3.87. The third kappa shape index (κ3) is 3.25. The number of methoxy groups -OCH3 is 1. The standard InChI is InChI=1S/C21H16N4O3/c1-13-18(20-25-24-19(28-20)14-8-4-3-5-9-14)23-17(12-22-13)15-10-6-7-11-16(15)21(26)27-2/h3-12H,1-2H3. The molecule has 0 unspecified atom stereocenters. The first-order chi connectivity index (χ1) is 13.7. The van der Waals surface area contributed by atoms with Gasteiger partial charge in [-0.3, -0.25) is 4.98 Å². The van der Waals surface area contributed by atoms with Gasteiger partial charge in [-0.1, -0.05) is 36.4 Å². The number of hydrogen-bond acceptors (Lipinski definition) is 7. The van der Waals surface area contributed by atoms with Crippen LogP contribution in [0.3, 0.4) is 0 Å². The van der Waals surface area contributed by atoms with Gasteiger partial charge >= 0.3 is 5.97 Å². The van der Waals surface area contributed by atoms with E-state index < -0.39 is 5.97 Å². The highest BCUT2D eigenvalue weighted by Gasteiger charge is 2.18. The van der Waals surface area contributed by atoms with Crippen LogP contribution in [0.15, 0.2) is 65.2 Å². The Kier molecular flexibility index (Phi) is 4.63. The summed E-state index contributed by atoms with van der Waals surface area (Å²) in [6.07, 6.45) is 1.61. The topological polar surface area (TPSA) is 91.0 Å². The summed E-state index contributed by atoms with van der Waals surface area (Å²) < 4.78 is 10.7. The predicted octanol–water partition coefficient (Wildman–Crippen LogP) is 3.96. The summed E-state index contributed by atoms with van der Waals surface area (Å²) in [5.74, 6) is 0.224. The van der Waals surface area contributed by atoms with Gasteiger partial charge in [0.05, 0.1) is 30.3 Å². The van der Waals surface area contributed by atoms with Gasteiger partial charge in [0, 0.05) is 11.1 Å². The number of aromatic nitrogens is 4. The van der Waals surface area contributed by atoms with Crippen LogP contribution in [0, 0.1) is 6.92 Å². The highest BCUT2D eigenvalue weighted by atomic mass is 16.5. The summed E-state index contributed by atoms with van der Waals surface area (Å²) in [5, 5.41) is 8.23. The van der Waals surface area contributed by atoms with Gasteiger partial charge in [0.25, 0.3) is 5.89 Å². The zero-order valence-corrected chi connectivity index (χ0v) is 15.3. The number of rotatable bonds is 4. The third-order valence-corrected chi connectivity index (χ3v) is 4.21. The molecule has 2 heterocycles. The van der Waals surface area contributed by atoms with Crippen LogP contribution in [0.4, 0.5) is 0 Å². The molecule has 2 aromatic heterocycles. The van der Waals surface area contributed by atoms with Gasteiger partial charge in [0.2, 0.25) is 5.89 Å². The average Bonchev–Trinajstić information content (AvgIpc) is 3.24. The van der Waals surface area contributed by atoms with Crippen molar-refractivity contribution < 1.29 is 13.9 Å². The maximum atomic E-state index is 12.1. The zero-order chi connectivity index (χ0) is 19.5. The maximum Gasteiger partial charge on any atom is 0.338 e. The van der Waals surface area contributed by atoms with Crippen molar-refractivity contribution in [3.05, 3.63) is 72.1 Å². The molecule has 0 bridgehead atoms. The Balaban J connectivity index is 1.78. The van der Waals surface area contributed by atoms with Crippen molar-refractivity contribution >= 4 is 5.97 Å². The van der Waals surface area contributed by atoms with Crippen molar-refractivity contribution in [3.63, 3.8) is 0 Å². The number of benzene rings is 2. The van der Waals surface area contributed by atoms with E-state index in [1.54, 1.807) is 24.4 Å². The molecule has 0 aliphatic carbocycles. The number of nitrogens with zero attached hydrogens (tertiary/aromatic N) is 4. The molecule has 0 spiro atoms. The lowest BCUT2D eigenvalue weighted by molar-refractivity contribution is 0.0601. The van der Waals surface area contributed by atoms with Gasteiger partial charge in [0.1, 0.15) is 5.69 Å². The van der Waals surface area contributed by atoms with E-state index in [0.717, 1.165) is 5.56 Å². The second-order valence-corrected chi connectivity index (χ2v) is 6.00. The van der Waals surface area contributed by atoms with Crippen molar-refractivity contribution in [2.45, 2.75) is 6.92 Å². The Bertz CT molecular complexity index is 1140. The van der Waals surface area contributed by atoms with E-state index in [1.807, 2.05) is 43.3 Å². The smallest absolute Gasteiger partial charge is 0.338 e. The second-order valence-electron chi connectivity index (χ2n) is 6.00. The molecular formula is C21H16N4O3. The molecule has 7 heteroatoms. The number of carbonyl (C=O) groups excluding carboxylic acids is 1. The molecular weight excluding hydrogens is 356 g/mol. The molecule has 28 heavy (non-hydrogen) atoms. The summed E-state index contributed by atoms with van der Waals surface area (Å²) in [5.41, 5.74) is 3.46. The van der Waals surface area contributed by atoms with Crippen molar-refractivity contribution in [2.24, 2.45) is 0 Å². The molecule has 0 radical (unpaired) electrons. The van der Waals surface area contributed by atoms with Gasteiger partial charge in [-0.2, -0.15) is 0 Å². The number of esters is 1. The molecule has 138 valence electrons. The van der Waals surface area contributed by atoms with Crippen molar-refractivity contribution in [3.8, 4) is 34.3 Å². The maximum absolute atomic E-state index is 12.1. The van der Waals surface area contributed by atoms with E-state index in [1.165, 1.54) is 7.11 Å². The summed E-state index contributed by atoms with van der Waals surface area (Å²) in [6, 6.07) is 16.5. The van der Waals surface area contributed by atoms with Crippen LogP contribution in [0.1, 0.15) is 16.1 Å². The minimum absolute atomic E-state index is 0.265. The van der Waals surface area contributed by atoms with Crippen LogP contribution in [0.25, 0.3) is 34.3 Å². The van der Waals surface area contributed by atoms with Gasteiger partial charge in [-0.05, 0) is 25.1 Å². The van der Waals surface area contributed by atoms with Crippen LogP contribution in [0.5, 0.6) is 0 Å². The first-order valence-electron chi connectivity index (χ1n) is 8.58. The largest absolute Gasteiger partial charge is 0.465 e. The predicted molar refractivity (Wildman–Crippen MR) is 102 cm³/mol. The molecule has 4 aromatic rings. The first-order valence-corrected chi connectivity index (χ1v) is 8.58. The van der Waals surface area contributed by atoms with Gasteiger partial charge in [-0.25, -0.2) is 9.78 Å². The average molecular weight is 372 g/mol. The number of carbonyl (C=O) groups is 1. The quantitative estimate of drug-likeness (QED) is 0.501. The lowest BCUT2D eigenvalue weighted by Gasteiger charge is -2.08. The minimum atomic E-state index is -0.441. The monoisotopic (exact) mass is 372 g/mol. The molecule has 0 aliphatic heterocycles. The Morgan fingerprint density at radius 1 is 0.964 bits per heavy atom. The fourth-order valence-electron chi connectivity index (χ4n) is 2.79. The molecule has 0 aliphatic rings. The summed E-state index contributed by atoms with van der Waals surface area (Å²) in [7, 11) is 1.34. The van der Waals surface area contributed by atoms with Crippen molar-refractivity contribution in [2.75, 3.05) is 7.11 Å². The number of aryl methyl sites for hydroxylation is 1. The molecule has 0 saturated carbocycles. The van der Waals surface area contributed by atoms with Crippen LogP contribution >= 0.6 is 0 Å². The van der Waals surface area contributed by atoms with E-state index in [4.69, 9.17) is 9.15 Å². The van der Waals surface area contributed by atoms with E-state index in [-0.39, 0.29) is 5.89 Å². The van der Waals surface area contributed by atoms with E-state index in [2.05, 4.69) is 20.2 Å². The van der Waals surface area contributed by atoms with Crippen LogP contribution < -0.4 is 0 Å². The third-order valence-electron chi connectivity index (χ3n) is 4.21. The zero-order valence-electron chi connectivity index (χ0n) is 15.3. The van der Waals surface area contributed by atoms with Crippen molar-refractivity contribution in [1.29, 1.82) is 0 Å². The van der Waals surface area contributed by atoms with Gasteiger partial charge in [-0.15, -0.1) is 10.2 Å². The summed E-state index contributed by atoms with van der Waals surface area (Å²) >= 11 is 0. The van der Waals surface area contributed by atoms with E-state index >= 15 is 0 Å². The SMILES string of the molecule is COC(=O)c1ccccc1-c1cnc(C)c(-c2nnc(-c3ccccc3)o2)n1. The molecule has 0 saturated heterocycles. The highest BCUT2D eigenvalue weighted by molar-refractivity contribution is 5.96. The molecule has 2 aromatic carbocycles. The Labute approximate surface area is 161 Å². The lowest BCUT2D eigenvalue weighted by atomic mass is 10.0. The van der Waals surface area contributed by atoms with E-state index in [9.17, 15) is 4.79 Å². The summed E-state index contributed by atoms with van der Waals surface area (Å²) in [4.78, 5) is 21.1. The Morgan fingerprint density at radius 3 is 2.46 bits per heavy atom. The highest BCUT2D eigenvalue weighted by Crippen LogP contribution is 2.28. The Morgan fingerprint density at radius 2 is 1.68 bits per heavy atom. The van der Waals surface area contributed by atoms with E-state index in [0.29, 0.717) is 34.1 Å². The van der Waals surface area contributed by atoms with Gasteiger partial charge in [0.15, 0.2) is 0 Å². The molecule has 0 amide bonds. The molecule has 0 N–H and O–H groups in total. The normalized spacial score (nSPS) is 10.6. The van der Waals surface area contributed by atoms with Crippen molar-refractivity contribution in [1.82, 2.24) is 20.2 Å². The van der Waals surface area contributed by atoms with Crippen LogP contribution in [-0.4, -0.2) is 33.2 Å². The number of ether oxygens (including phenoxy) is 1. The van der Waals surface area contributed by atoms with Crippen LogP contribution in [0.2, 0.25) is 0 Å². The minimum Gasteiger partial charge on any atom is -0.465 e. The molecule has 4 rings (SSSR count). The molecule has 7 nitrogen and oxygen atoms in total.